The molecule has 1 radical (unpaired) electrons. The van der Waals surface area contributed by atoms with Gasteiger partial charge in [0.2, 0.25) is 0 Å². The Labute approximate surface area is 369 Å². The number of nitrogens with zero attached hydrogens (tertiary/aromatic N) is 9. The van der Waals surface area contributed by atoms with Crippen molar-refractivity contribution in [2.75, 3.05) is 78.5 Å². The molecule has 3 aromatic carbocycles. The average Bonchev–Trinajstić information content (AvgIpc) is 3.11. The van der Waals surface area contributed by atoms with Crippen molar-refractivity contribution in [3.05, 3.63) is 96.6 Å². The molecule has 0 amide bonds. The van der Waals surface area contributed by atoms with Gasteiger partial charge in [0.1, 0.15) is 17.2 Å². The number of aromatic hydroxyl groups is 3. The summed E-state index contributed by atoms with van der Waals surface area (Å²) in [4.78, 5) is 40.8. The van der Waals surface area contributed by atoms with Gasteiger partial charge in [-0.1, -0.05) is 0 Å². The fourth-order valence-electron chi connectivity index (χ4n) is 5.94. The van der Waals surface area contributed by atoms with Crippen molar-refractivity contribution in [2.24, 2.45) is 30.0 Å². The molecule has 3 aromatic rings. The fraction of sp³-hybridized carbons (Fsp3) is 0.385. The van der Waals surface area contributed by atoms with Gasteiger partial charge < -0.3 is 20.5 Å². The Hall–Kier alpha value is -3.94. The number of phenols is 3. The van der Waals surface area contributed by atoms with E-state index in [2.05, 4.69) is 39.8 Å². The maximum absolute atomic E-state index is 11.0. The molecule has 0 saturated heterocycles. The Morgan fingerprint density at radius 2 is 0.643 bits per heavy atom. The van der Waals surface area contributed by atoms with Gasteiger partial charge in [0.15, 0.2) is 0 Å². The van der Waals surface area contributed by atoms with E-state index in [1.54, 1.807) is 37.3 Å². The zero-order chi connectivity index (χ0) is 38.9. The molecule has 0 atom stereocenters. The van der Waals surface area contributed by atoms with Crippen molar-refractivity contribution < 1.29 is 82.0 Å². The molecule has 17 heteroatoms. The van der Waals surface area contributed by atoms with Crippen LogP contribution in [0.15, 0.2) is 66.4 Å². The van der Waals surface area contributed by atoms with Crippen molar-refractivity contribution in [1.29, 1.82) is 0 Å². The maximum atomic E-state index is 11.0. The van der Waals surface area contributed by atoms with Gasteiger partial charge >= 0.3 is 0 Å². The van der Waals surface area contributed by atoms with Crippen LogP contribution in [-0.4, -0.2) is 151 Å². The monoisotopic (exact) mass is 978 g/mol. The van der Waals surface area contributed by atoms with Crippen LogP contribution in [-0.2, 0) is 19.5 Å². The van der Waals surface area contributed by atoms with E-state index in [0.717, 1.165) is 16.7 Å². The van der Waals surface area contributed by atoms with Crippen molar-refractivity contribution in [2.45, 2.75) is 20.8 Å². The van der Waals surface area contributed by atoms with E-state index in [9.17, 15) is 15.3 Å². The summed E-state index contributed by atoms with van der Waals surface area (Å²) in [5, 5.41) is 46.8. The van der Waals surface area contributed by atoms with E-state index in [0.29, 0.717) is 112 Å². The molecule has 3 heterocycles. The third-order valence-corrected chi connectivity index (χ3v) is 8.59. The largest absolute Gasteiger partial charge is 0.507 e. The predicted molar refractivity (Wildman–Crippen MR) is 215 cm³/mol. The molecule has 0 aromatic heterocycles. The number of hydrogen-bond donors (Lipinski definition) is 4. The molecular weight excluding hydrogens is 931 g/mol. The first-order chi connectivity index (χ1) is 26.0. The Bertz CT molecular complexity index is 1610. The van der Waals surface area contributed by atoms with Crippen LogP contribution in [0, 0.1) is 67.8 Å². The molecule has 303 valence electrons. The summed E-state index contributed by atoms with van der Waals surface area (Å²) in [6, 6.07) is 11.5. The quantitative estimate of drug-likeness (QED) is 0.147. The minimum Gasteiger partial charge on any atom is -0.507 e. The molecule has 0 aliphatic carbocycles. The molecule has 0 fully saturated rings. The van der Waals surface area contributed by atoms with Gasteiger partial charge in [-0.3, -0.25) is 39.8 Å². The first-order valence-corrected chi connectivity index (χ1v) is 17.8. The van der Waals surface area contributed by atoms with Crippen molar-refractivity contribution >= 4 is 37.3 Å². The summed E-state index contributed by atoms with van der Waals surface area (Å²) in [6.45, 7) is 13.0. The zero-order valence-electron chi connectivity index (χ0n) is 32.0. The Balaban J connectivity index is 0.00000172. The smallest absolute Gasteiger partial charge is 0.291 e. The minimum atomic E-state index is -1.50. The normalized spacial score (nSPS) is 17.8. The molecule has 0 spiro atoms. The van der Waals surface area contributed by atoms with Crippen LogP contribution in [0.4, 0.5) is 0 Å². The van der Waals surface area contributed by atoms with Gasteiger partial charge in [0.05, 0.1) is 39.3 Å². The summed E-state index contributed by atoms with van der Waals surface area (Å²) in [5.41, 5.74) is 6.98. The number of aryl methyl sites for hydroxylation is 3. The van der Waals surface area contributed by atoms with Crippen molar-refractivity contribution in [3.63, 3.8) is 0 Å². The van der Waals surface area contributed by atoms with Gasteiger partial charge in [-0.05, 0) is 73.9 Å². The zero-order valence-corrected chi connectivity index (χ0v) is 36.6. The summed E-state index contributed by atoms with van der Waals surface area (Å²) >= 11 is 0. The van der Waals surface area contributed by atoms with E-state index >= 15 is 0 Å². The number of benzene rings is 3. The summed E-state index contributed by atoms with van der Waals surface area (Å²) in [6.07, 6.45) is 10.4. The van der Waals surface area contributed by atoms with E-state index in [1.165, 1.54) is 0 Å². The molecular formula is C39H49LuN9O6Zn. The standard InChI is InChI=1S/C39H48N8O3.Lu.HNO3.Zn/c1-28-16-31-22-40-4-10-46-12-6-42-24-33-18-29(2)19-34(38(33)49)25-43-7-13-47(11-5-41-23-32(17-28)37(31)48)15-9-45-27-36-21-30(3)20-35(39(36)50)26-44-8-14-46;;2-1(3)4;/h16-27,48-50H,4-15H2,1-3H3;;(H,2,3,4);. The fourth-order valence-corrected chi connectivity index (χ4v) is 5.94. The van der Waals surface area contributed by atoms with Crippen LogP contribution in [0.2, 0.25) is 0 Å². The third kappa shape index (κ3) is 16.3. The van der Waals surface area contributed by atoms with Crippen LogP contribution in [0.3, 0.4) is 0 Å². The van der Waals surface area contributed by atoms with Gasteiger partial charge in [0, 0.05) is 166 Å². The second-order valence-electron chi connectivity index (χ2n) is 13.0. The van der Waals surface area contributed by atoms with Crippen LogP contribution < -0.4 is 0 Å². The van der Waals surface area contributed by atoms with Gasteiger partial charge in [-0.25, -0.2) is 0 Å². The van der Waals surface area contributed by atoms with E-state index in [4.69, 9.17) is 15.3 Å². The number of phenolic OH excluding ortho intramolecular Hbond substituents is 3. The molecule has 3 aliphatic rings. The predicted octanol–water partition coefficient (Wildman–Crippen LogP) is 3.92. The molecule has 8 bridgehead atoms. The first-order valence-electron chi connectivity index (χ1n) is 17.8. The van der Waals surface area contributed by atoms with Crippen LogP contribution in [0.5, 0.6) is 17.2 Å². The average molecular weight is 980 g/mol. The second-order valence-corrected chi connectivity index (χ2v) is 13.0. The molecule has 56 heavy (non-hydrogen) atoms. The van der Waals surface area contributed by atoms with Crippen LogP contribution in [0.25, 0.3) is 0 Å². The van der Waals surface area contributed by atoms with Crippen molar-refractivity contribution in [1.82, 2.24) is 9.80 Å². The number of rotatable bonds is 0. The summed E-state index contributed by atoms with van der Waals surface area (Å²) in [5.74, 6) is 0.490. The van der Waals surface area contributed by atoms with Gasteiger partial charge in [0.25, 0.3) is 5.09 Å². The van der Waals surface area contributed by atoms with E-state index in [-0.39, 0.29) is 73.6 Å². The van der Waals surface area contributed by atoms with Crippen LogP contribution >= 0.6 is 0 Å². The van der Waals surface area contributed by atoms with Crippen molar-refractivity contribution in [3.8, 4) is 17.2 Å². The number of aliphatic imine (C=N–C) groups is 6. The molecule has 15 nitrogen and oxygen atoms in total. The van der Waals surface area contributed by atoms with Crippen LogP contribution in [0.1, 0.15) is 50.1 Å². The van der Waals surface area contributed by atoms with Gasteiger partial charge in [-0.2, -0.15) is 0 Å². The van der Waals surface area contributed by atoms with E-state index < -0.39 is 5.09 Å². The number of hydrogen-bond acceptors (Lipinski definition) is 13. The third-order valence-electron chi connectivity index (χ3n) is 8.59. The number of fused-ring (bicyclic) bond motifs is 12. The maximum Gasteiger partial charge on any atom is 0.291 e. The molecule has 3 aliphatic heterocycles. The Morgan fingerprint density at radius 3 is 0.804 bits per heavy atom. The SMILES string of the molecule is Cc1cc2c(O)c(c1)C=NCCN1CCN=Cc3cc(C)cc(c3O)C=NCCN(CCN=C2)CCN=Cc2cc(C)cc(c2O)C=NCC1.O=[N+]([O-])O.[Lu].[Zn]. The molecule has 0 saturated carbocycles. The topological polar surface area (TPSA) is 205 Å². The van der Waals surface area contributed by atoms with E-state index in [1.807, 2.05) is 57.2 Å². The van der Waals surface area contributed by atoms with Gasteiger partial charge in [-0.15, -0.1) is 10.1 Å². The molecule has 4 N–H and O–H groups in total. The Morgan fingerprint density at radius 1 is 0.482 bits per heavy atom. The molecule has 6 rings (SSSR count). The molecule has 0 unspecified atom stereocenters. The summed E-state index contributed by atoms with van der Waals surface area (Å²) < 4.78 is 0. The summed E-state index contributed by atoms with van der Waals surface area (Å²) in [7, 11) is 0. The second kappa shape index (κ2) is 25.3. The minimum absolute atomic E-state index is 0. The first kappa shape index (κ1) is 48.2. The Kier molecular flexibility index (Phi) is 21.8.